The molecule has 0 saturated carbocycles. The number of rotatable bonds is 21. The van der Waals surface area contributed by atoms with Crippen LogP contribution in [0.2, 0.25) is 0 Å². The topological polar surface area (TPSA) is 151 Å². The van der Waals surface area contributed by atoms with Crippen LogP contribution in [0.1, 0.15) is 138 Å². The minimum Gasteiger partial charge on any atom is -0.439 e. The van der Waals surface area contributed by atoms with Gasteiger partial charge in [0.1, 0.15) is 0 Å². The molecule has 0 spiro atoms. The number of carbonyl (C=O) groups is 4. The Bertz CT molecular complexity index is 864. The molecule has 0 radical (unpaired) electrons. The van der Waals surface area contributed by atoms with Crippen molar-refractivity contribution >= 4 is 56.6 Å². The van der Waals surface area contributed by atoms with E-state index in [-0.39, 0.29) is 75.4 Å². The molecular weight excluding hydrogens is 773 g/mol. The predicted octanol–water partition coefficient (Wildman–Crippen LogP) is 10.4. The van der Waals surface area contributed by atoms with E-state index >= 15 is 0 Å². The molecule has 55 heavy (non-hydrogen) atoms. The molecule has 16 heteroatoms. The van der Waals surface area contributed by atoms with Crippen LogP contribution in [0.4, 0.5) is 4.79 Å². The summed E-state index contributed by atoms with van der Waals surface area (Å²) in [7, 11) is 3.85. The van der Waals surface area contributed by atoms with E-state index in [4.69, 9.17) is 33.2 Å². The summed E-state index contributed by atoms with van der Waals surface area (Å²) in [5, 5.41) is 0.160. The lowest BCUT2D eigenvalue weighted by Gasteiger charge is -2.17. The largest absolute Gasteiger partial charge is 0.510 e. The molecule has 0 rings (SSSR count). The molecular formula is C39H82O13S3. The number of hydrogen-bond donors (Lipinski definition) is 0. The van der Waals surface area contributed by atoms with E-state index in [1.165, 1.54) is 30.9 Å². The van der Waals surface area contributed by atoms with Gasteiger partial charge in [0, 0.05) is 31.1 Å². The Kier molecular flexibility index (Phi) is 54.2. The van der Waals surface area contributed by atoms with E-state index in [0.29, 0.717) is 12.7 Å². The third kappa shape index (κ3) is 77.9. The zero-order valence-corrected chi connectivity index (χ0v) is 39.3. The smallest absolute Gasteiger partial charge is 0.439 e. The summed E-state index contributed by atoms with van der Waals surface area (Å²) in [6, 6.07) is 0. The maximum Gasteiger partial charge on any atom is 0.510 e. The summed E-state index contributed by atoms with van der Waals surface area (Å²) < 4.78 is 44.2. The van der Waals surface area contributed by atoms with Crippen molar-refractivity contribution in [1.82, 2.24) is 0 Å². The Morgan fingerprint density at radius 1 is 0.527 bits per heavy atom. The summed E-state index contributed by atoms with van der Waals surface area (Å²) >= 11 is 1.31. The summed E-state index contributed by atoms with van der Waals surface area (Å²) in [6.45, 7) is 35.1. The average molecular weight is 855 g/mol. The molecule has 0 aromatic rings. The van der Waals surface area contributed by atoms with Gasteiger partial charge in [0.25, 0.3) is 0 Å². The van der Waals surface area contributed by atoms with E-state index in [0.717, 1.165) is 18.1 Å². The highest BCUT2D eigenvalue weighted by Gasteiger charge is 2.22. The van der Waals surface area contributed by atoms with E-state index in [1.807, 2.05) is 97.7 Å². The summed E-state index contributed by atoms with van der Waals surface area (Å²) in [5.74, 6) is 2.60. The lowest BCUT2D eigenvalue weighted by atomic mass is 9.98. The molecule has 0 saturated heterocycles. The molecule has 0 amide bonds. The number of hydrogen-bond acceptors (Lipinski definition) is 16. The second-order valence-corrected chi connectivity index (χ2v) is 17.7. The van der Waals surface area contributed by atoms with Crippen molar-refractivity contribution < 1.29 is 61.8 Å². The average Bonchev–Trinajstić information content (AvgIpc) is 3.00. The first kappa shape index (κ1) is 65.6. The second-order valence-electron chi connectivity index (χ2n) is 13.7. The third-order valence-electron chi connectivity index (χ3n) is 4.61. The molecule has 0 aromatic carbocycles. The Morgan fingerprint density at radius 2 is 0.909 bits per heavy atom. The van der Waals surface area contributed by atoms with Crippen molar-refractivity contribution in [2.45, 2.75) is 175 Å². The lowest BCUT2D eigenvalue weighted by molar-refractivity contribution is -0.168. The molecule has 0 bridgehead atoms. The molecule has 0 aromatic heterocycles. The van der Waals surface area contributed by atoms with Crippen molar-refractivity contribution in [2.24, 2.45) is 5.41 Å². The van der Waals surface area contributed by atoms with Gasteiger partial charge in [-0.05, 0) is 110 Å². The maximum absolute atomic E-state index is 11.1. The minimum absolute atomic E-state index is 0. The fraction of sp³-hybridized carbons (Fsp3) is 0.897. The fourth-order valence-corrected chi connectivity index (χ4v) is 4.57. The van der Waals surface area contributed by atoms with Crippen molar-refractivity contribution in [2.75, 3.05) is 50.9 Å². The molecule has 0 unspecified atom stereocenters. The van der Waals surface area contributed by atoms with Gasteiger partial charge in [0.05, 0.1) is 55.3 Å². The van der Waals surface area contributed by atoms with Crippen molar-refractivity contribution in [1.29, 1.82) is 0 Å². The number of carbonyl (C=O) groups excluding carboxylic acids is 4. The van der Waals surface area contributed by atoms with Crippen LogP contribution in [-0.4, -0.2) is 111 Å². The van der Waals surface area contributed by atoms with Gasteiger partial charge in [-0.25, -0.2) is 4.79 Å². The van der Waals surface area contributed by atoms with E-state index in [9.17, 15) is 19.2 Å². The number of ether oxygens (including phenoxy) is 9. The van der Waals surface area contributed by atoms with Gasteiger partial charge in [-0.2, -0.15) is 0 Å². The molecule has 0 fully saturated rings. The Balaban J connectivity index is -0.000000136. The van der Waals surface area contributed by atoms with Gasteiger partial charge in [-0.15, -0.1) is 0 Å². The van der Waals surface area contributed by atoms with Crippen LogP contribution in [0.25, 0.3) is 0 Å². The van der Waals surface area contributed by atoms with Crippen LogP contribution in [0.5, 0.6) is 0 Å². The molecule has 13 nitrogen and oxygen atoms in total. The van der Waals surface area contributed by atoms with Gasteiger partial charge >= 0.3 is 18.1 Å². The summed E-state index contributed by atoms with van der Waals surface area (Å²) in [6.07, 6.45) is 1.34. The highest BCUT2D eigenvalue weighted by atomic mass is 33.1. The van der Waals surface area contributed by atoms with Gasteiger partial charge in [0.15, 0.2) is 25.5 Å². The molecule has 334 valence electrons. The zero-order chi connectivity index (χ0) is 43.1. The van der Waals surface area contributed by atoms with Gasteiger partial charge < -0.3 is 42.6 Å². The number of esters is 2. The normalized spacial score (nSPS) is 10.5. The lowest BCUT2D eigenvalue weighted by Crippen LogP contribution is -2.24. The Morgan fingerprint density at radius 3 is 1.25 bits per heavy atom. The molecule has 0 atom stereocenters. The van der Waals surface area contributed by atoms with Crippen LogP contribution in [0, 0.1) is 5.41 Å². The van der Waals surface area contributed by atoms with Crippen LogP contribution in [0.15, 0.2) is 0 Å². The quantitative estimate of drug-likeness (QED) is 0.0354. The first-order valence-electron chi connectivity index (χ1n) is 18.5. The van der Waals surface area contributed by atoms with Gasteiger partial charge in [-0.1, -0.05) is 47.7 Å². The van der Waals surface area contributed by atoms with E-state index < -0.39 is 11.6 Å². The standard InChI is InChI=1S/C9H18O3.C8H16O4.C8H18OS2.C7H14O2S.C6H12O3.CH4/c1-7(2)11-6-12-8(10)9(3,4)5;1-6(2)10-5-11-8(9)12-7(3)4;1-4-6-10-11-7-5-9-8(2)3;1-6(2)9-4-5-10-7(3)8;1-5(2)8-4-9-6(3)7;/h7H,6H2,1-5H3;6-7H,5H2,1-4H3;8H,4-7H2,1-3H3;6H,4-5H2,1-3H3;5H,4H2,1-3H3;1H4. The van der Waals surface area contributed by atoms with Crippen LogP contribution < -0.4 is 0 Å². The van der Waals surface area contributed by atoms with Crippen molar-refractivity contribution in [3.05, 3.63) is 0 Å². The summed E-state index contributed by atoms with van der Waals surface area (Å²) in [5.41, 5.74) is -0.444. The summed E-state index contributed by atoms with van der Waals surface area (Å²) in [4.78, 5) is 42.4. The minimum atomic E-state index is -0.689. The first-order valence-corrected chi connectivity index (χ1v) is 22.0. The fourth-order valence-electron chi connectivity index (χ4n) is 2.13. The maximum atomic E-state index is 11.1. The van der Waals surface area contributed by atoms with E-state index in [1.54, 1.807) is 20.8 Å². The number of thioether (sulfide) groups is 1. The van der Waals surface area contributed by atoms with Gasteiger partial charge in [0.2, 0.25) is 0 Å². The Hall–Kier alpha value is -1.27. The monoisotopic (exact) mass is 854 g/mol. The van der Waals surface area contributed by atoms with Crippen LogP contribution >= 0.6 is 33.3 Å². The first-order chi connectivity index (χ1) is 24.9. The van der Waals surface area contributed by atoms with Crippen molar-refractivity contribution in [3.8, 4) is 0 Å². The molecule has 0 aliphatic heterocycles. The molecule has 0 aliphatic rings. The molecule has 0 N–H and O–H groups in total. The van der Waals surface area contributed by atoms with Crippen LogP contribution in [0.3, 0.4) is 0 Å². The second kappa shape index (κ2) is 45.4. The van der Waals surface area contributed by atoms with Gasteiger partial charge in [-0.3, -0.25) is 14.4 Å². The zero-order valence-electron chi connectivity index (χ0n) is 36.9. The molecule has 0 aliphatic carbocycles. The highest BCUT2D eigenvalue weighted by Crippen LogP contribution is 2.21. The highest BCUT2D eigenvalue weighted by molar-refractivity contribution is 8.76. The van der Waals surface area contributed by atoms with Crippen molar-refractivity contribution in [3.63, 3.8) is 0 Å². The Labute approximate surface area is 348 Å². The predicted molar refractivity (Wildman–Crippen MR) is 231 cm³/mol. The van der Waals surface area contributed by atoms with Crippen LogP contribution in [-0.2, 0) is 57.0 Å². The SMILES string of the molecule is C.CC(=O)OCOC(C)C.CC(=O)SCCOC(C)C.CC(C)OCOC(=O)C(C)(C)C.CC(C)OCOC(=O)OC(C)C.CCCSSCCOC(C)C. The molecule has 0 heterocycles. The third-order valence-corrected chi connectivity index (χ3v) is 7.96. The van der Waals surface area contributed by atoms with E-state index in [2.05, 4.69) is 30.2 Å².